The maximum Gasteiger partial charge on any atom is 0.300 e. The monoisotopic (exact) mass is 383 g/mol. The Hall–Kier alpha value is -3.91. The fraction of sp³-hybridized carbons (Fsp3) is 0.125. The van der Waals surface area contributed by atoms with Crippen LogP contribution in [-0.2, 0) is 4.79 Å². The van der Waals surface area contributed by atoms with Crippen molar-refractivity contribution < 1.29 is 9.59 Å². The molecule has 2 aromatic carbocycles. The fourth-order valence-corrected chi connectivity index (χ4v) is 2.94. The molecule has 3 aromatic rings. The lowest BCUT2D eigenvalue weighted by Crippen LogP contribution is -2.14. The highest BCUT2D eigenvalue weighted by Gasteiger charge is 2.11. The van der Waals surface area contributed by atoms with Gasteiger partial charge >= 0.3 is 0 Å². The molecule has 2 N–H and O–H groups in total. The van der Waals surface area contributed by atoms with E-state index in [1.807, 2.05) is 44.2 Å². The molecule has 0 bridgehead atoms. The number of nitrogens with zero attached hydrogens (tertiary/aromatic N) is 1. The van der Waals surface area contributed by atoms with Crippen molar-refractivity contribution in [1.82, 2.24) is 4.98 Å². The molecule has 0 unspecified atom stereocenters. The largest absolute Gasteiger partial charge is 0.321 e. The minimum absolute atomic E-state index is 0.209. The lowest BCUT2D eigenvalue weighted by Gasteiger charge is -2.12. The number of anilines is 2. The molecule has 1 aromatic heterocycles. The molecule has 0 saturated carbocycles. The Morgan fingerprint density at radius 2 is 1.59 bits per heavy atom. The van der Waals surface area contributed by atoms with Gasteiger partial charge in [-0.1, -0.05) is 36.3 Å². The number of hydrogen-bond acceptors (Lipinski definition) is 3. The Labute approximate surface area is 170 Å². The zero-order chi connectivity index (χ0) is 20.8. The van der Waals surface area contributed by atoms with Gasteiger partial charge in [-0.25, -0.2) is 0 Å². The smallest absolute Gasteiger partial charge is 0.300 e. The van der Waals surface area contributed by atoms with E-state index in [0.29, 0.717) is 11.3 Å². The second kappa shape index (κ2) is 8.85. The summed E-state index contributed by atoms with van der Waals surface area (Å²) in [6.07, 6.45) is 3.25. The van der Waals surface area contributed by atoms with Crippen molar-refractivity contribution in [2.75, 3.05) is 10.6 Å². The van der Waals surface area contributed by atoms with Gasteiger partial charge in [0.25, 0.3) is 11.8 Å². The molecule has 0 spiro atoms. The van der Waals surface area contributed by atoms with Crippen LogP contribution in [0.3, 0.4) is 0 Å². The summed E-state index contributed by atoms with van der Waals surface area (Å²) in [7, 11) is 0. The Morgan fingerprint density at radius 1 is 0.897 bits per heavy atom. The number of amides is 2. The van der Waals surface area contributed by atoms with Crippen molar-refractivity contribution in [2.45, 2.75) is 20.8 Å². The number of rotatable bonds is 4. The van der Waals surface area contributed by atoms with E-state index in [1.54, 1.807) is 37.5 Å². The van der Waals surface area contributed by atoms with Gasteiger partial charge in [-0.05, 0) is 61.6 Å². The Bertz CT molecular complexity index is 1100. The molecular formula is C24H21N3O2. The lowest BCUT2D eigenvalue weighted by atomic mass is 10.0. The van der Waals surface area contributed by atoms with Crippen LogP contribution >= 0.6 is 0 Å². The van der Waals surface area contributed by atoms with Gasteiger partial charge in [0, 0.05) is 29.3 Å². The van der Waals surface area contributed by atoms with Crippen molar-refractivity contribution in [3.8, 4) is 23.0 Å². The van der Waals surface area contributed by atoms with Gasteiger partial charge in [-0.2, -0.15) is 0 Å². The van der Waals surface area contributed by atoms with E-state index in [9.17, 15) is 9.59 Å². The number of hydrogen-bond donors (Lipinski definition) is 2. The summed E-state index contributed by atoms with van der Waals surface area (Å²) in [5.74, 6) is 4.43. The summed E-state index contributed by atoms with van der Waals surface area (Å²) in [6, 6.07) is 15.0. The maximum absolute atomic E-state index is 12.7. The second-order valence-electron chi connectivity index (χ2n) is 6.59. The summed E-state index contributed by atoms with van der Waals surface area (Å²) in [6.45, 7) is 5.53. The first-order valence-corrected chi connectivity index (χ1v) is 9.14. The van der Waals surface area contributed by atoms with E-state index in [-0.39, 0.29) is 11.8 Å². The first kappa shape index (κ1) is 19.8. The number of aryl methyl sites for hydroxylation is 2. The van der Waals surface area contributed by atoms with E-state index in [0.717, 1.165) is 27.9 Å². The molecule has 0 aliphatic rings. The quantitative estimate of drug-likeness (QED) is 0.648. The summed E-state index contributed by atoms with van der Waals surface area (Å²) in [5, 5.41) is 5.67. The van der Waals surface area contributed by atoms with Crippen LogP contribution in [-0.4, -0.2) is 16.8 Å². The number of nitrogens with one attached hydrogen (secondary N) is 2. The van der Waals surface area contributed by atoms with Crippen LogP contribution in [0.5, 0.6) is 0 Å². The second-order valence-corrected chi connectivity index (χ2v) is 6.59. The van der Waals surface area contributed by atoms with E-state index in [2.05, 4.69) is 27.5 Å². The zero-order valence-electron chi connectivity index (χ0n) is 16.5. The van der Waals surface area contributed by atoms with Crippen LogP contribution in [0.4, 0.5) is 11.4 Å². The van der Waals surface area contributed by atoms with Crippen LogP contribution in [0.2, 0.25) is 0 Å². The topological polar surface area (TPSA) is 71.1 Å². The third-order valence-corrected chi connectivity index (χ3v) is 4.43. The summed E-state index contributed by atoms with van der Waals surface area (Å²) in [4.78, 5) is 28.5. The molecule has 0 saturated heterocycles. The van der Waals surface area contributed by atoms with Gasteiger partial charge in [-0.3, -0.25) is 14.6 Å². The molecule has 0 atom stereocenters. The Morgan fingerprint density at radius 3 is 2.24 bits per heavy atom. The molecule has 3 rings (SSSR count). The highest BCUT2D eigenvalue weighted by atomic mass is 16.2. The number of pyridine rings is 1. The third-order valence-electron chi connectivity index (χ3n) is 4.43. The molecule has 0 aliphatic carbocycles. The molecular weight excluding hydrogens is 362 g/mol. The van der Waals surface area contributed by atoms with E-state index >= 15 is 0 Å². The predicted molar refractivity (Wildman–Crippen MR) is 116 cm³/mol. The van der Waals surface area contributed by atoms with Crippen molar-refractivity contribution >= 4 is 23.2 Å². The van der Waals surface area contributed by atoms with E-state index < -0.39 is 0 Å². The number of carbonyl (C=O) groups excluding carboxylic acids is 2. The molecule has 1 heterocycles. The number of carbonyl (C=O) groups is 2. The fourth-order valence-electron chi connectivity index (χ4n) is 2.94. The van der Waals surface area contributed by atoms with Crippen LogP contribution < -0.4 is 10.6 Å². The number of para-hydroxylation sites is 1. The first-order chi connectivity index (χ1) is 14.0. The lowest BCUT2D eigenvalue weighted by molar-refractivity contribution is -0.111. The van der Waals surface area contributed by atoms with Gasteiger partial charge in [0.2, 0.25) is 0 Å². The molecule has 5 nitrogen and oxygen atoms in total. The van der Waals surface area contributed by atoms with Crippen molar-refractivity contribution in [3.63, 3.8) is 0 Å². The molecule has 0 fully saturated rings. The highest BCUT2D eigenvalue weighted by molar-refractivity contribution is 6.05. The average Bonchev–Trinajstić information content (AvgIpc) is 2.71. The summed E-state index contributed by atoms with van der Waals surface area (Å²) >= 11 is 0. The van der Waals surface area contributed by atoms with Gasteiger partial charge in [0.1, 0.15) is 0 Å². The summed E-state index contributed by atoms with van der Waals surface area (Å²) < 4.78 is 0. The number of benzene rings is 2. The molecule has 5 heteroatoms. The molecule has 2 amide bonds. The van der Waals surface area contributed by atoms with Gasteiger partial charge in [0.15, 0.2) is 0 Å². The minimum atomic E-state index is -0.355. The predicted octanol–water partition coefficient (Wildman–Crippen LogP) is 4.58. The molecule has 0 radical (unpaired) electrons. The molecule has 29 heavy (non-hydrogen) atoms. The molecule has 0 aliphatic heterocycles. The van der Waals surface area contributed by atoms with Crippen LogP contribution in [0, 0.1) is 25.7 Å². The standard InChI is InChI=1S/C24H21N3O2/c1-4-6-22(28)26-21-11-9-18(10-12-21)19-13-20(15-25-14-19)24(29)27-23-16(2)7-5-8-17(23)3/h5,7-15H,1-3H3,(H,26,28)(H,27,29). The van der Waals surface area contributed by atoms with Gasteiger partial charge < -0.3 is 10.6 Å². The Balaban J connectivity index is 1.79. The average molecular weight is 383 g/mol. The summed E-state index contributed by atoms with van der Waals surface area (Å²) in [5.41, 5.74) is 5.65. The maximum atomic E-state index is 12.7. The van der Waals surface area contributed by atoms with Crippen LogP contribution in [0.1, 0.15) is 28.4 Å². The normalized spacial score (nSPS) is 9.90. The van der Waals surface area contributed by atoms with Crippen LogP contribution in [0.25, 0.3) is 11.1 Å². The van der Waals surface area contributed by atoms with Crippen molar-refractivity contribution in [1.29, 1.82) is 0 Å². The van der Waals surface area contributed by atoms with Gasteiger partial charge in [0.05, 0.1) is 5.56 Å². The minimum Gasteiger partial charge on any atom is -0.321 e. The van der Waals surface area contributed by atoms with E-state index in [1.165, 1.54) is 0 Å². The SMILES string of the molecule is CC#CC(=O)Nc1ccc(-c2cncc(C(=O)Nc3c(C)cccc3C)c2)cc1. The number of aromatic nitrogens is 1. The van der Waals surface area contributed by atoms with Crippen LogP contribution in [0.15, 0.2) is 60.9 Å². The third kappa shape index (κ3) is 4.88. The van der Waals surface area contributed by atoms with E-state index in [4.69, 9.17) is 0 Å². The van der Waals surface area contributed by atoms with Crippen molar-refractivity contribution in [2.24, 2.45) is 0 Å². The highest BCUT2D eigenvalue weighted by Crippen LogP contribution is 2.23. The van der Waals surface area contributed by atoms with Crippen molar-refractivity contribution in [3.05, 3.63) is 77.6 Å². The first-order valence-electron chi connectivity index (χ1n) is 9.14. The van der Waals surface area contributed by atoms with Gasteiger partial charge in [-0.15, -0.1) is 0 Å². The zero-order valence-corrected chi connectivity index (χ0v) is 16.5. The Kier molecular flexibility index (Phi) is 6.06. The molecule has 144 valence electrons.